The fraction of sp³-hybridized carbons (Fsp3) is 0.500. The lowest BCUT2D eigenvalue weighted by Gasteiger charge is -2.35. The van der Waals surface area contributed by atoms with E-state index in [0.717, 1.165) is 12.8 Å². The molecule has 0 spiro atoms. The monoisotopic (exact) mass is 347 g/mol. The van der Waals surface area contributed by atoms with E-state index in [9.17, 15) is 14.0 Å². The third kappa shape index (κ3) is 5.69. The van der Waals surface area contributed by atoms with E-state index < -0.39 is 12.1 Å². The van der Waals surface area contributed by atoms with Crippen LogP contribution in [0.4, 0.5) is 4.39 Å². The van der Waals surface area contributed by atoms with E-state index >= 15 is 0 Å². The molecular weight excluding hydrogens is 321 g/mol. The Morgan fingerprint density at radius 2 is 2.08 bits per heavy atom. The van der Waals surface area contributed by atoms with Crippen molar-refractivity contribution in [2.75, 3.05) is 0 Å². The number of ether oxygens (including phenoxy) is 1. The Balaban J connectivity index is 1.84. The summed E-state index contributed by atoms with van der Waals surface area (Å²) >= 11 is 0. The molecule has 5 heteroatoms. The second-order valence-electron chi connectivity index (χ2n) is 6.85. The molecule has 0 unspecified atom stereocenters. The van der Waals surface area contributed by atoms with Crippen LogP contribution in [0.3, 0.4) is 0 Å². The normalized spacial score (nSPS) is 24.7. The second-order valence-corrected chi connectivity index (χ2v) is 6.85. The van der Waals surface area contributed by atoms with Crippen molar-refractivity contribution in [1.82, 2.24) is 5.32 Å². The molecule has 1 aliphatic rings. The van der Waals surface area contributed by atoms with Crippen molar-refractivity contribution in [1.29, 1.82) is 0 Å². The Bertz CT molecular complexity index is 644. The summed E-state index contributed by atoms with van der Waals surface area (Å²) in [7, 11) is 0. The van der Waals surface area contributed by atoms with Crippen molar-refractivity contribution >= 4 is 18.0 Å². The molecule has 1 saturated carbocycles. The summed E-state index contributed by atoms with van der Waals surface area (Å²) in [6.45, 7) is 5.90. The second kappa shape index (κ2) is 8.79. The number of rotatable bonds is 5. The van der Waals surface area contributed by atoms with Gasteiger partial charge in [0.15, 0.2) is 6.10 Å². The van der Waals surface area contributed by atoms with Crippen LogP contribution in [-0.2, 0) is 14.3 Å². The van der Waals surface area contributed by atoms with Gasteiger partial charge in [0.1, 0.15) is 5.82 Å². The molecular formula is C20H26FNO3. The maximum atomic E-state index is 13.1. The van der Waals surface area contributed by atoms with E-state index in [4.69, 9.17) is 4.74 Å². The van der Waals surface area contributed by atoms with Crippen molar-refractivity contribution < 1.29 is 18.7 Å². The minimum absolute atomic E-state index is 0.125. The van der Waals surface area contributed by atoms with E-state index in [0.29, 0.717) is 17.4 Å². The third-order valence-electron chi connectivity index (χ3n) is 4.96. The third-order valence-corrected chi connectivity index (χ3v) is 4.96. The molecule has 1 fully saturated rings. The van der Waals surface area contributed by atoms with Gasteiger partial charge in [0.2, 0.25) is 0 Å². The lowest BCUT2D eigenvalue weighted by molar-refractivity contribution is -0.150. The van der Waals surface area contributed by atoms with Crippen LogP contribution in [-0.4, -0.2) is 24.0 Å². The summed E-state index contributed by atoms with van der Waals surface area (Å²) in [5, 5.41) is 3.00. The molecule has 136 valence electrons. The topological polar surface area (TPSA) is 55.4 Å². The molecule has 0 radical (unpaired) electrons. The summed E-state index contributed by atoms with van der Waals surface area (Å²) < 4.78 is 18.2. The number of esters is 1. The summed E-state index contributed by atoms with van der Waals surface area (Å²) in [4.78, 5) is 24.1. The molecule has 1 N–H and O–H groups in total. The summed E-state index contributed by atoms with van der Waals surface area (Å²) in [5.41, 5.74) is 0.555. The number of carbonyl (C=O) groups excluding carboxylic acids is 2. The maximum Gasteiger partial charge on any atom is 0.331 e. The number of benzene rings is 1. The first kappa shape index (κ1) is 19.2. The highest BCUT2D eigenvalue weighted by Crippen LogP contribution is 2.29. The molecule has 0 bridgehead atoms. The van der Waals surface area contributed by atoms with Crippen LogP contribution >= 0.6 is 0 Å². The van der Waals surface area contributed by atoms with E-state index in [1.54, 1.807) is 19.1 Å². The van der Waals surface area contributed by atoms with Gasteiger partial charge in [-0.05, 0) is 49.0 Å². The van der Waals surface area contributed by atoms with Gasteiger partial charge in [0.05, 0.1) is 0 Å². The van der Waals surface area contributed by atoms with Gasteiger partial charge in [0, 0.05) is 12.1 Å². The highest BCUT2D eigenvalue weighted by molar-refractivity contribution is 5.90. The highest BCUT2D eigenvalue weighted by Gasteiger charge is 2.29. The molecule has 0 aromatic heterocycles. The molecule has 0 saturated heterocycles. The number of hydrogen-bond donors (Lipinski definition) is 1. The predicted octanol–water partition coefficient (Wildman–Crippen LogP) is 3.71. The van der Waals surface area contributed by atoms with Gasteiger partial charge >= 0.3 is 5.97 Å². The minimum Gasteiger partial charge on any atom is -0.449 e. The summed E-state index contributed by atoms with van der Waals surface area (Å²) in [6.07, 6.45) is 5.03. The van der Waals surface area contributed by atoms with Crippen molar-refractivity contribution in [3.63, 3.8) is 0 Å². The Hall–Kier alpha value is -2.17. The van der Waals surface area contributed by atoms with Crippen molar-refractivity contribution in [3.8, 4) is 0 Å². The Kier molecular flexibility index (Phi) is 6.73. The molecule has 0 heterocycles. The van der Waals surface area contributed by atoms with Gasteiger partial charge in [-0.1, -0.05) is 38.8 Å². The molecule has 1 aliphatic carbocycles. The maximum absolute atomic E-state index is 13.1. The van der Waals surface area contributed by atoms with Crippen LogP contribution in [0.15, 0.2) is 30.3 Å². The van der Waals surface area contributed by atoms with E-state index in [1.165, 1.54) is 30.7 Å². The average Bonchev–Trinajstić information content (AvgIpc) is 2.57. The van der Waals surface area contributed by atoms with E-state index in [-0.39, 0.29) is 17.8 Å². The van der Waals surface area contributed by atoms with Gasteiger partial charge < -0.3 is 10.1 Å². The molecule has 2 rings (SSSR count). The summed E-state index contributed by atoms with van der Waals surface area (Å²) in [5.74, 6) is -0.297. The number of hydrogen-bond acceptors (Lipinski definition) is 3. The van der Waals surface area contributed by atoms with Crippen molar-refractivity contribution in [3.05, 3.63) is 41.7 Å². The van der Waals surface area contributed by atoms with Gasteiger partial charge in [-0.3, -0.25) is 4.79 Å². The van der Waals surface area contributed by atoms with Gasteiger partial charge in [-0.25, -0.2) is 9.18 Å². The fourth-order valence-corrected chi connectivity index (χ4v) is 3.13. The van der Waals surface area contributed by atoms with Crippen LogP contribution in [0, 0.1) is 17.7 Å². The first-order valence-corrected chi connectivity index (χ1v) is 8.81. The van der Waals surface area contributed by atoms with Gasteiger partial charge in [0.25, 0.3) is 5.91 Å². The van der Waals surface area contributed by atoms with Crippen molar-refractivity contribution in [2.24, 2.45) is 11.8 Å². The summed E-state index contributed by atoms with van der Waals surface area (Å²) in [6, 6.07) is 6.00. The predicted molar refractivity (Wildman–Crippen MR) is 95.1 cm³/mol. The first-order chi connectivity index (χ1) is 11.9. The lowest BCUT2D eigenvalue weighted by atomic mass is 9.78. The average molecular weight is 347 g/mol. The number of halogens is 1. The largest absolute Gasteiger partial charge is 0.449 e. The van der Waals surface area contributed by atoms with Crippen LogP contribution in [0.2, 0.25) is 0 Å². The first-order valence-electron chi connectivity index (χ1n) is 8.81. The Labute approximate surface area is 148 Å². The SMILES string of the molecule is C[C@@H]1[C@@H](C)CCC[C@H]1NC(=O)[C@@H](C)OC(=O)/C=C/c1cccc(F)c1. The van der Waals surface area contributed by atoms with E-state index in [2.05, 4.69) is 19.2 Å². The highest BCUT2D eigenvalue weighted by atomic mass is 19.1. The van der Waals surface area contributed by atoms with E-state index in [1.807, 2.05) is 0 Å². The fourth-order valence-electron chi connectivity index (χ4n) is 3.13. The molecule has 1 aromatic carbocycles. The smallest absolute Gasteiger partial charge is 0.331 e. The zero-order chi connectivity index (χ0) is 18.4. The molecule has 1 aromatic rings. The molecule has 4 nitrogen and oxygen atoms in total. The standard InChI is InChI=1S/C20H26FNO3/c1-13-6-4-9-18(14(13)2)22-20(24)15(3)25-19(23)11-10-16-7-5-8-17(21)12-16/h5,7-8,10-15,18H,4,6,9H2,1-3H3,(H,22,24)/b11-10+/t13-,14+,15+,18+/m0/s1. The minimum atomic E-state index is -0.867. The molecule has 4 atom stereocenters. The quantitative estimate of drug-likeness (QED) is 0.652. The molecule has 1 amide bonds. The number of nitrogens with one attached hydrogen (secondary N) is 1. The van der Waals surface area contributed by atoms with Gasteiger partial charge in [-0.15, -0.1) is 0 Å². The number of amides is 1. The molecule has 25 heavy (non-hydrogen) atoms. The van der Waals surface area contributed by atoms with Crippen LogP contribution in [0.25, 0.3) is 6.08 Å². The Morgan fingerprint density at radius 1 is 1.32 bits per heavy atom. The van der Waals surface area contributed by atoms with Gasteiger partial charge in [-0.2, -0.15) is 0 Å². The Morgan fingerprint density at radius 3 is 2.80 bits per heavy atom. The zero-order valence-electron chi connectivity index (χ0n) is 15.0. The van der Waals surface area contributed by atoms with Crippen molar-refractivity contribution in [2.45, 2.75) is 52.2 Å². The number of carbonyl (C=O) groups is 2. The van der Waals surface area contributed by atoms with Crippen LogP contribution < -0.4 is 5.32 Å². The lowest BCUT2D eigenvalue weighted by Crippen LogP contribution is -2.47. The van der Waals surface area contributed by atoms with Crippen LogP contribution in [0.5, 0.6) is 0 Å². The van der Waals surface area contributed by atoms with Crippen LogP contribution in [0.1, 0.15) is 45.6 Å². The zero-order valence-corrected chi connectivity index (χ0v) is 15.0. The molecule has 0 aliphatic heterocycles.